The molecule has 162 valence electrons. The van der Waals surface area contributed by atoms with Gasteiger partial charge in [-0.25, -0.2) is 9.98 Å². The molecular weight excluding hydrogens is 497 g/mol. The molecule has 1 aromatic heterocycles. The summed E-state index contributed by atoms with van der Waals surface area (Å²) in [4.78, 5) is 13.9. The maximum Gasteiger partial charge on any atom is 0.194 e. The molecule has 2 rings (SSSR count). The standard InChI is InChI=1S/C21H33N5OS.HI/c1-7-22-21(23-12-17-10-8-9-11-18(17)13-25(3)4)26(5)14-19-15-28-20(24-19)16(2)27-6;/h8-11,15-16H,7,12-14H2,1-6H3,(H,22,23);1H. The molecule has 1 atom stereocenters. The Morgan fingerprint density at radius 1 is 1.21 bits per heavy atom. The second-order valence-corrected chi connectivity index (χ2v) is 7.98. The van der Waals surface area contributed by atoms with Crippen molar-refractivity contribution in [3.8, 4) is 0 Å². The molecule has 8 heteroatoms. The molecule has 0 bridgehead atoms. The molecule has 0 aliphatic carbocycles. The van der Waals surface area contributed by atoms with Crippen molar-refractivity contribution < 1.29 is 4.74 Å². The Morgan fingerprint density at radius 2 is 1.90 bits per heavy atom. The van der Waals surface area contributed by atoms with Crippen LogP contribution in [0.4, 0.5) is 0 Å². The number of nitrogens with one attached hydrogen (secondary N) is 1. The second kappa shape index (κ2) is 13.1. The lowest BCUT2D eigenvalue weighted by molar-refractivity contribution is 0.119. The van der Waals surface area contributed by atoms with Gasteiger partial charge in [0, 0.05) is 32.6 Å². The van der Waals surface area contributed by atoms with Gasteiger partial charge in [-0.3, -0.25) is 0 Å². The minimum Gasteiger partial charge on any atom is -0.375 e. The monoisotopic (exact) mass is 531 g/mol. The van der Waals surface area contributed by atoms with E-state index in [1.807, 2.05) is 14.0 Å². The fraction of sp³-hybridized carbons (Fsp3) is 0.524. The molecule has 0 radical (unpaired) electrons. The van der Waals surface area contributed by atoms with Crippen molar-refractivity contribution in [3.05, 3.63) is 51.5 Å². The molecule has 1 N–H and O–H groups in total. The zero-order chi connectivity index (χ0) is 20.5. The largest absolute Gasteiger partial charge is 0.375 e. The molecule has 1 heterocycles. The Bertz CT molecular complexity index is 765. The molecule has 0 fully saturated rings. The molecule has 0 aliphatic rings. The SMILES string of the molecule is CCNC(=NCc1ccccc1CN(C)C)N(C)Cc1csc(C(C)OC)n1.I. The Hall–Kier alpha value is -1.23. The highest BCUT2D eigenvalue weighted by molar-refractivity contribution is 14.0. The average molecular weight is 532 g/mol. The first-order valence-electron chi connectivity index (χ1n) is 9.62. The Labute approximate surface area is 196 Å². The van der Waals surface area contributed by atoms with Crippen LogP contribution in [0, 0.1) is 0 Å². The van der Waals surface area contributed by atoms with Crippen LogP contribution in [-0.2, 0) is 24.4 Å². The van der Waals surface area contributed by atoms with E-state index in [1.54, 1.807) is 18.4 Å². The molecule has 0 amide bonds. The summed E-state index contributed by atoms with van der Waals surface area (Å²) in [7, 11) is 7.93. The van der Waals surface area contributed by atoms with Crippen molar-refractivity contribution in [1.29, 1.82) is 0 Å². The van der Waals surface area contributed by atoms with Gasteiger partial charge in [0.05, 0.1) is 18.8 Å². The summed E-state index contributed by atoms with van der Waals surface area (Å²) in [5.41, 5.74) is 3.60. The van der Waals surface area contributed by atoms with Crippen LogP contribution < -0.4 is 5.32 Å². The molecule has 0 saturated carbocycles. The average Bonchev–Trinajstić information content (AvgIpc) is 3.13. The molecule has 6 nitrogen and oxygen atoms in total. The highest BCUT2D eigenvalue weighted by atomic mass is 127. The van der Waals surface area contributed by atoms with Crippen molar-refractivity contribution in [3.63, 3.8) is 0 Å². The molecule has 2 aromatic rings. The number of methoxy groups -OCH3 is 1. The highest BCUT2D eigenvalue weighted by Gasteiger charge is 2.13. The lowest BCUT2D eigenvalue weighted by Crippen LogP contribution is -2.38. The van der Waals surface area contributed by atoms with Crippen LogP contribution in [0.2, 0.25) is 0 Å². The number of rotatable bonds is 9. The maximum atomic E-state index is 5.36. The zero-order valence-corrected chi connectivity index (χ0v) is 21.5. The summed E-state index contributed by atoms with van der Waals surface area (Å²) < 4.78 is 5.36. The van der Waals surface area contributed by atoms with Crippen LogP contribution in [0.1, 0.15) is 41.8 Å². The van der Waals surface area contributed by atoms with E-state index in [0.29, 0.717) is 13.1 Å². The second-order valence-electron chi connectivity index (χ2n) is 7.09. The van der Waals surface area contributed by atoms with Gasteiger partial charge in [0.15, 0.2) is 5.96 Å². The van der Waals surface area contributed by atoms with Gasteiger partial charge >= 0.3 is 0 Å². The van der Waals surface area contributed by atoms with Crippen molar-refractivity contribution in [2.24, 2.45) is 4.99 Å². The molecule has 1 aromatic carbocycles. The lowest BCUT2D eigenvalue weighted by Gasteiger charge is -2.21. The Morgan fingerprint density at radius 3 is 2.52 bits per heavy atom. The number of hydrogen-bond donors (Lipinski definition) is 1. The third kappa shape index (κ3) is 8.19. The number of guanidine groups is 1. The number of thiazole rings is 1. The maximum absolute atomic E-state index is 5.36. The van der Waals surface area contributed by atoms with Gasteiger partial charge in [0.2, 0.25) is 0 Å². The third-order valence-electron chi connectivity index (χ3n) is 4.37. The van der Waals surface area contributed by atoms with E-state index in [9.17, 15) is 0 Å². The first-order chi connectivity index (χ1) is 13.4. The summed E-state index contributed by atoms with van der Waals surface area (Å²) >= 11 is 1.64. The Kier molecular flexibility index (Phi) is 11.7. The number of hydrogen-bond acceptors (Lipinski definition) is 5. The number of aromatic nitrogens is 1. The van der Waals surface area contributed by atoms with Crippen molar-refractivity contribution in [1.82, 2.24) is 20.1 Å². The van der Waals surface area contributed by atoms with Crippen molar-refractivity contribution >= 4 is 41.3 Å². The fourth-order valence-corrected chi connectivity index (χ4v) is 3.68. The van der Waals surface area contributed by atoms with Gasteiger partial charge in [-0.1, -0.05) is 24.3 Å². The first-order valence-corrected chi connectivity index (χ1v) is 10.5. The third-order valence-corrected chi connectivity index (χ3v) is 5.43. The van der Waals surface area contributed by atoms with Gasteiger partial charge in [0.1, 0.15) is 11.1 Å². The van der Waals surface area contributed by atoms with E-state index < -0.39 is 0 Å². The minimum absolute atomic E-state index is 0. The van der Waals surface area contributed by atoms with Gasteiger partial charge < -0.3 is 19.9 Å². The quantitative estimate of drug-likeness (QED) is 0.300. The van der Waals surface area contributed by atoms with Crippen LogP contribution in [0.25, 0.3) is 0 Å². The summed E-state index contributed by atoms with van der Waals surface area (Å²) in [6, 6.07) is 8.50. The number of nitrogens with zero attached hydrogens (tertiary/aromatic N) is 4. The highest BCUT2D eigenvalue weighted by Crippen LogP contribution is 2.21. The van der Waals surface area contributed by atoms with Gasteiger partial charge in [-0.05, 0) is 39.1 Å². The van der Waals surface area contributed by atoms with Gasteiger partial charge in [0.25, 0.3) is 0 Å². The fourth-order valence-electron chi connectivity index (χ4n) is 2.84. The summed E-state index contributed by atoms with van der Waals surface area (Å²) in [6.07, 6.45) is 0.0270. The van der Waals surface area contributed by atoms with Crippen LogP contribution in [-0.4, -0.2) is 55.5 Å². The lowest BCUT2D eigenvalue weighted by atomic mass is 10.1. The smallest absolute Gasteiger partial charge is 0.194 e. The van der Waals surface area contributed by atoms with E-state index in [2.05, 4.69) is 65.8 Å². The summed E-state index contributed by atoms with van der Waals surface area (Å²) in [5.74, 6) is 0.886. The number of aliphatic imine (C=N–C) groups is 1. The predicted molar refractivity (Wildman–Crippen MR) is 133 cm³/mol. The van der Waals surface area contributed by atoms with Crippen molar-refractivity contribution in [2.75, 3.05) is 34.8 Å². The van der Waals surface area contributed by atoms with Crippen LogP contribution in [0.5, 0.6) is 0 Å². The molecule has 0 spiro atoms. The molecule has 1 unspecified atom stereocenters. The van der Waals surface area contributed by atoms with Crippen LogP contribution in [0.3, 0.4) is 0 Å². The number of benzene rings is 1. The van der Waals surface area contributed by atoms with E-state index in [0.717, 1.165) is 29.8 Å². The van der Waals surface area contributed by atoms with E-state index in [-0.39, 0.29) is 30.1 Å². The molecular formula is C21H34IN5OS. The van der Waals surface area contributed by atoms with Crippen LogP contribution in [0.15, 0.2) is 34.6 Å². The van der Waals surface area contributed by atoms with Gasteiger partial charge in [-0.2, -0.15) is 0 Å². The Balaban J connectivity index is 0.00000420. The topological polar surface area (TPSA) is 53.0 Å². The first kappa shape index (κ1) is 25.8. The van der Waals surface area contributed by atoms with Crippen molar-refractivity contribution in [2.45, 2.75) is 39.6 Å². The van der Waals surface area contributed by atoms with Gasteiger partial charge in [-0.15, -0.1) is 35.3 Å². The molecule has 0 aliphatic heterocycles. The number of ether oxygens (including phenoxy) is 1. The van der Waals surface area contributed by atoms with E-state index >= 15 is 0 Å². The molecule has 29 heavy (non-hydrogen) atoms. The summed E-state index contributed by atoms with van der Waals surface area (Å²) in [5, 5.41) is 6.49. The van der Waals surface area contributed by atoms with E-state index in [4.69, 9.17) is 14.7 Å². The number of halogens is 1. The predicted octanol–water partition coefficient (Wildman–Crippen LogP) is 4.13. The summed E-state index contributed by atoms with van der Waals surface area (Å²) in [6.45, 7) is 7.20. The molecule has 0 saturated heterocycles. The van der Waals surface area contributed by atoms with Crippen LogP contribution >= 0.6 is 35.3 Å². The zero-order valence-electron chi connectivity index (χ0n) is 18.3. The normalized spacial score (nSPS) is 12.6. The minimum atomic E-state index is 0. The van der Waals surface area contributed by atoms with E-state index in [1.165, 1.54) is 11.1 Å².